The van der Waals surface area contributed by atoms with Crippen LogP contribution in [0.2, 0.25) is 0 Å². The Balaban J connectivity index is 2.02. The molecular weight excluding hydrogens is 268 g/mol. The third-order valence-electron chi connectivity index (χ3n) is 3.87. The average molecular weight is 292 g/mol. The highest BCUT2D eigenvalue weighted by molar-refractivity contribution is 5.97. The van der Waals surface area contributed by atoms with Crippen molar-refractivity contribution in [3.05, 3.63) is 30.3 Å². The van der Waals surface area contributed by atoms with E-state index in [2.05, 4.69) is 0 Å². The first kappa shape index (κ1) is 15.9. The number of nitrogens with zero attached hydrogens (tertiary/aromatic N) is 2. The van der Waals surface area contributed by atoms with Gasteiger partial charge in [0, 0.05) is 25.9 Å². The smallest absolute Gasteiger partial charge is 0.244 e. The fourth-order valence-electron chi connectivity index (χ4n) is 2.83. The molecule has 0 unspecified atom stereocenters. The van der Waals surface area contributed by atoms with Crippen molar-refractivity contribution in [3.63, 3.8) is 0 Å². The first-order valence-electron chi connectivity index (χ1n) is 7.37. The SMILES string of the molecule is COC[C@@H](O)CN(C)[C@@H]1CCCN(c2ccccc2)C1=O. The summed E-state index contributed by atoms with van der Waals surface area (Å²) in [5.74, 6) is 0.111. The van der Waals surface area contributed by atoms with Crippen LogP contribution in [0.3, 0.4) is 0 Å². The van der Waals surface area contributed by atoms with Crippen LogP contribution in [-0.2, 0) is 9.53 Å². The Morgan fingerprint density at radius 1 is 1.43 bits per heavy atom. The van der Waals surface area contributed by atoms with E-state index >= 15 is 0 Å². The number of benzene rings is 1. The second-order valence-electron chi connectivity index (χ2n) is 5.53. The molecule has 2 rings (SSSR count). The number of hydrogen-bond acceptors (Lipinski definition) is 4. The molecule has 1 aromatic carbocycles. The molecule has 5 nitrogen and oxygen atoms in total. The van der Waals surface area contributed by atoms with Gasteiger partial charge in [-0.15, -0.1) is 0 Å². The highest BCUT2D eigenvalue weighted by atomic mass is 16.5. The van der Waals surface area contributed by atoms with Gasteiger partial charge in [-0.25, -0.2) is 0 Å². The fourth-order valence-corrected chi connectivity index (χ4v) is 2.83. The maximum absolute atomic E-state index is 12.7. The lowest BCUT2D eigenvalue weighted by atomic mass is 10.0. The van der Waals surface area contributed by atoms with Crippen LogP contribution in [0.5, 0.6) is 0 Å². The van der Waals surface area contributed by atoms with E-state index in [1.54, 1.807) is 7.11 Å². The minimum Gasteiger partial charge on any atom is -0.389 e. The Labute approximate surface area is 126 Å². The summed E-state index contributed by atoms with van der Waals surface area (Å²) in [5.41, 5.74) is 0.943. The van der Waals surface area contributed by atoms with Crippen molar-refractivity contribution in [1.29, 1.82) is 0 Å². The molecule has 0 spiro atoms. The standard InChI is InChI=1S/C16H24N2O3/c1-17(11-14(19)12-21-2)15-9-6-10-18(16(15)20)13-7-4-3-5-8-13/h3-5,7-8,14-15,19H,6,9-12H2,1-2H3/t14-,15+/m0/s1. The van der Waals surface area contributed by atoms with Crippen molar-refractivity contribution in [2.45, 2.75) is 25.0 Å². The Hall–Kier alpha value is -1.43. The summed E-state index contributed by atoms with van der Waals surface area (Å²) in [6, 6.07) is 9.57. The van der Waals surface area contributed by atoms with Crippen molar-refractivity contribution < 1.29 is 14.6 Å². The van der Waals surface area contributed by atoms with E-state index in [9.17, 15) is 9.90 Å². The van der Waals surface area contributed by atoms with Gasteiger partial charge in [-0.05, 0) is 32.0 Å². The Kier molecular flexibility index (Phi) is 5.73. The molecule has 1 saturated heterocycles. The zero-order valence-corrected chi connectivity index (χ0v) is 12.7. The quantitative estimate of drug-likeness (QED) is 0.854. The van der Waals surface area contributed by atoms with Gasteiger partial charge in [0.1, 0.15) is 0 Å². The van der Waals surface area contributed by atoms with E-state index in [0.29, 0.717) is 6.54 Å². The fraction of sp³-hybridized carbons (Fsp3) is 0.562. The first-order chi connectivity index (χ1) is 10.1. The number of aliphatic hydroxyl groups is 1. The van der Waals surface area contributed by atoms with Crippen LogP contribution >= 0.6 is 0 Å². The number of aliphatic hydroxyl groups excluding tert-OH is 1. The Bertz CT molecular complexity index is 452. The van der Waals surface area contributed by atoms with Crippen LogP contribution in [0.15, 0.2) is 30.3 Å². The zero-order chi connectivity index (χ0) is 15.2. The summed E-state index contributed by atoms with van der Waals surface area (Å²) >= 11 is 0. The summed E-state index contributed by atoms with van der Waals surface area (Å²) < 4.78 is 4.94. The summed E-state index contributed by atoms with van der Waals surface area (Å²) in [6.45, 7) is 1.48. The number of piperidine rings is 1. The lowest BCUT2D eigenvalue weighted by Crippen LogP contribution is -2.53. The summed E-state index contributed by atoms with van der Waals surface area (Å²) in [4.78, 5) is 16.5. The minimum absolute atomic E-state index is 0.111. The molecular formula is C16H24N2O3. The van der Waals surface area contributed by atoms with Gasteiger partial charge in [-0.1, -0.05) is 18.2 Å². The van der Waals surface area contributed by atoms with E-state index in [4.69, 9.17) is 4.74 Å². The maximum atomic E-state index is 12.7. The minimum atomic E-state index is -0.570. The first-order valence-corrected chi connectivity index (χ1v) is 7.37. The molecule has 116 valence electrons. The topological polar surface area (TPSA) is 53.0 Å². The molecule has 21 heavy (non-hydrogen) atoms. The molecule has 1 aliphatic rings. The number of carbonyl (C=O) groups excluding carboxylic acids is 1. The summed E-state index contributed by atoms with van der Waals surface area (Å²) in [5, 5.41) is 9.83. The molecule has 0 radical (unpaired) electrons. The van der Waals surface area contributed by atoms with Gasteiger partial charge in [0.05, 0.1) is 18.8 Å². The molecule has 1 N–H and O–H groups in total. The highest BCUT2D eigenvalue weighted by Gasteiger charge is 2.32. The summed E-state index contributed by atoms with van der Waals surface area (Å²) in [7, 11) is 3.45. The van der Waals surface area contributed by atoms with Crippen LogP contribution in [0.4, 0.5) is 5.69 Å². The van der Waals surface area contributed by atoms with Gasteiger partial charge in [-0.3, -0.25) is 9.69 Å². The molecule has 2 atom stereocenters. The van der Waals surface area contributed by atoms with Gasteiger partial charge >= 0.3 is 0 Å². The number of ether oxygens (including phenoxy) is 1. The number of amides is 1. The molecule has 5 heteroatoms. The predicted molar refractivity (Wildman–Crippen MR) is 82.3 cm³/mol. The second kappa shape index (κ2) is 7.54. The van der Waals surface area contributed by atoms with E-state index in [-0.39, 0.29) is 18.6 Å². The molecule has 1 heterocycles. The van der Waals surface area contributed by atoms with E-state index in [0.717, 1.165) is 25.1 Å². The third kappa shape index (κ3) is 4.03. The zero-order valence-electron chi connectivity index (χ0n) is 12.7. The number of para-hydroxylation sites is 1. The van der Waals surface area contributed by atoms with Gasteiger partial charge < -0.3 is 14.7 Å². The molecule has 0 bridgehead atoms. The molecule has 0 saturated carbocycles. The molecule has 1 aliphatic heterocycles. The third-order valence-corrected chi connectivity index (χ3v) is 3.87. The molecule has 0 aliphatic carbocycles. The number of hydrogen-bond donors (Lipinski definition) is 1. The van der Waals surface area contributed by atoms with Crippen molar-refractivity contribution in [1.82, 2.24) is 4.90 Å². The van der Waals surface area contributed by atoms with Crippen LogP contribution in [0, 0.1) is 0 Å². The van der Waals surface area contributed by atoms with Crippen LogP contribution < -0.4 is 4.90 Å². The Morgan fingerprint density at radius 3 is 2.81 bits per heavy atom. The Morgan fingerprint density at radius 2 is 2.14 bits per heavy atom. The number of methoxy groups -OCH3 is 1. The lowest BCUT2D eigenvalue weighted by Gasteiger charge is -2.37. The highest BCUT2D eigenvalue weighted by Crippen LogP contribution is 2.23. The van der Waals surface area contributed by atoms with Crippen molar-refractivity contribution in [2.75, 3.05) is 38.8 Å². The lowest BCUT2D eigenvalue weighted by molar-refractivity contribution is -0.125. The summed E-state index contributed by atoms with van der Waals surface area (Å²) in [6.07, 6.45) is 1.23. The second-order valence-corrected chi connectivity index (χ2v) is 5.53. The van der Waals surface area contributed by atoms with Crippen LogP contribution in [0.25, 0.3) is 0 Å². The number of rotatable bonds is 6. The number of carbonyl (C=O) groups is 1. The molecule has 1 amide bonds. The van der Waals surface area contributed by atoms with E-state index < -0.39 is 6.10 Å². The van der Waals surface area contributed by atoms with Gasteiger partial charge in [0.25, 0.3) is 0 Å². The molecule has 1 aromatic rings. The average Bonchev–Trinajstić information content (AvgIpc) is 2.48. The van der Waals surface area contributed by atoms with E-state index in [1.807, 2.05) is 47.2 Å². The van der Waals surface area contributed by atoms with Crippen LogP contribution in [-0.4, -0.2) is 61.9 Å². The van der Waals surface area contributed by atoms with E-state index in [1.165, 1.54) is 0 Å². The van der Waals surface area contributed by atoms with Gasteiger partial charge in [0.15, 0.2) is 0 Å². The van der Waals surface area contributed by atoms with Crippen molar-refractivity contribution in [3.8, 4) is 0 Å². The van der Waals surface area contributed by atoms with Crippen molar-refractivity contribution >= 4 is 11.6 Å². The predicted octanol–water partition coefficient (Wildman–Crippen LogP) is 1.12. The number of likely N-dealkylation sites (N-methyl/N-ethyl adjacent to an activating group) is 1. The largest absolute Gasteiger partial charge is 0.389 e. The molecule has 0 aromatic heterocycles. The molecule has 1 fully saturated rings. The number of anilines is 1. The normalized spacial score (nSPS) is 20.9. The maximum Gasteiger partial charge on any atom is 0.244 e. The monoisotopic (exact) mass is 292 g/mol. The van der Waals surface area contributed by atoms with Crippen LogP contribution in [0.1, 0.15) is 12.8 Å². The van der Waals surface area contributed by atoms with Crippen molar-refractivity contribution in [2.24, 2.45) is 0 Å². The van der Waals surface area contributed by atoms with Gasteiger partial charge in [0.2, 0.25) is 5.91 Å². The van der Waals surface area contributed by atoms with Gasteiger partial charge in [-0.2, -0.15) is 0 Å².